The summed E-state index contributed by atoms with van der Waals surface area (Å²) in [4.78, 5) is 10.9. The zero-order valence-corrected chi connectivity index (χ0v) is 15.8. The first-order valence-corrected chi connectivity index (χ1v) is 9.26. The van der Waals surface area contributed by atoms with Crippen LogP contribution >= 0.6 is 0 Å². The van der Waals surface area contributed by atoms with Crippen molar-refractivity contribution in [2.24, 2.45) is 0 Å². The molecule has 2 rings (SSSR count). The zero-order valence-electron chi connectivity index (χ0n) is 15.8. The Morgan fingerprint density at radius 3 is 2.70 bits per heavy atom. The maximum absolute atomic E-state index is 10.9. The lowest BCUT2D eigenvalue weighted by Gasteiger charge is -2.10. The Morgan fingerprint density at radius 2 is 1.93 bits per heavy atom. The lowest BCUT2D eigenvalue weighted by atomic mass is 10.1. The molecule has 5 heteroatoms. The zero-order chi connectivity index (χ0) is 19.3. The number of anilines is 1. The van der Waals surface area contributed by atoms with Crippen LogP contribution in [-0.4, -0.2) is 17.7 Å². The van der Waals surface area contributed by atoms with Gasteiger partial charge in [0.2, 0.25) is 5.91 Å². The number of benzene rings is 2. The summed E-state index contributed by atoms with van der Waals surface area (Å²) in [5, 5.41) is 11.8. The van der Waals surface area contributed by atoms with Crippen LogP contribution in [0.1, 0.15) is 38.2 Å². The molecule has 1 amide bonds. The monoisotopic (exact) mass is 368 g/mol. The van der Waals surface area contributed by atoms with Crippen molar-refractivity contribution in [3.63, 3.8) is 0 Å². The topological polar surface area (TPSA) is 70.6 Å². The molecule has 0 unspecified atom stereocenters. The molecule has 2 aromatic rings. The number of hydroxylamine groups is 1. The molecular formula is C22H28N2O3. The summed E-state index contributed by atoms with van der Waals surface area (Å²) in [5.74, 6) is 0.513. The molecule has 0 aliphatic carbocycles. The van der Waals surface area contributed by atoms with E-state index < -0.39 is 0 Å². The Bertz CT molecular complexity index is 729. The third-order valence-electron chi connectivity index (χ3n) is 4.13. The van der Waals surface area contributed by atoms with Gasteiger partial charge in [0.15, 0.2) is 0 Å². The number of hydrogen-bond acceptors (Lipinski definition) is 4. The molecule has 0 saturated carbocycles. The largest absolute Gasteiger partial charge is 0.489 e. The number of carbonyl (C=O) groups excluding carboxylic acids is 1. The lowest BCUT2D eigenvalue weighted by molar-refractivity contribution is -0.129. The van der Waals surface area contributed by atoms with E-state index in [0.29, 0.717) is 13.0 Å². The van der Waals surface area contributed by atoms with E-state index in [4.69, 9.17) is 9.94 Å². The summed E-state index contributed by atoms with van der Waals surface area (Å²) >= 11 is 0. The standard InChI is InChI=1S/C22H28N2O3/c1-18(9-4-2-7-14-22(25)24-26)16-23-20-12-8-13-21(15-20)27-17-19-10-5-3-6-11-19/h3,5-6,8-13,15,23,26H,2,4,7,14,16-17H2,1H3,(H,24,25)/b18-9+. The summed E-state index contributed by atoms with van der Waals surface area (Å²) in [6.45, 7) is 3.40. The molecule has 0 aliphatic heterocycles. The van der Waals surface area contributed by atoms with Crippen LogP contribution in [0.5, 0.6) is 5.75 Å². The van der Waals surface area contributed by atoms with Gasteiger partial charge in [-0.05, 0) is 43.9 Å². The van der Waals surface area contributed by atoms with Crippen LogP contribution in [0.3, 0.4) is 0 Å². The second kappa shape index (κ2) is 11.8. The highest BCUT2D eigenvalue weighted by molar-refractivity contribution is 5.74. The minimum atomic E-state index is -0.327. The molecule has 0 aliphatic rings. The number of carbonyl (C=O) groups is 1. The third kappa shape index (κ3) is 8.42. The number of allylic oxidation sites excluding steroid dienone is 1. The minimum Gasteiger partial charge on any atom is -0.489 e. The van der Waals surface area contributed by atoms with Gasteiger partial charge in [-0.3, -0.25) is 10.0 Å². The number of amides is 1. The van der Waals surface area contributed by atoms with Gasteiger partial charge in [0, 0.05) is 24.7 Å². The van der Waals surface area contributed by atoms with Crippen LogP contribution in [-0.2, 0) is 11.4 Å². The maximum atomic E-state index is 10.9. The van der Waals surface area contributed by atoms with Crippen molar-refractivity contribution < 1.29 is 14.7 Å². The second-order valence-electron chi connectivity index (χ2n) is 6.49. The van der Waals surface area contributed by atoms with Crippen LogP contribution in [0.15, 0.2) is 66.2 Å². The van der Waals surface area contributed by atoms with Crippen LogP contribution in [0.4, 0.5) is 5.69 Å². The van der Waals surface area contributed by atoms with Crippen LogP contribution in [0.2, 0.25) is 0 Å². The van der Waals surface area contributed by atoms with Gasteiger partial charge in [-0.1, -0.05) is 48.0 Å². The summed E-state index contributed by atoms with van der Waals surface area (Å²) in [6.07, 6.45) is 5.15. The molecule has 27 heavy (non-hydrogen) atoms. The molecule has 2 aromatic carbocycles. The van der Waals surface area contributed by atoms with E-state index in [1.54, 1.807) is 5.48 Å². The quantitative estimate of drug-likeness (QED) is 0.233. The summed E-state index contributed by atoms with van der Waals surface area (Å²) < 4.78 is 5.85. The van der Waals surface area contributed by atoms with E-state index in [1.165, 1.54) is 5.57 Å². The number of unbranched alkanes of at least 4 members (excludes halogenated alkanes) is 2. The van der Waals surface area contributed by atoms with E-state index in [9.17, 15) is 4.79 Å². The number of rotatable bonds is 11. The van der Waals surface area contributed by atoms with Crippen molar-refractivity contribution >= 4 is 11.6 Å². The fraction of sp³-hybridized carbons (Fsp3) is 0.318. The molecule has 0 saturated heterocycles. The molecule has 0 spiro atoms. The van der Waals surface area contributed by atoms with Gasteiger partial charge in [0.1, 0.15) is 12.4 Å². The first-order valence-electron chi connectivity index (χ1n) is 9.26. The lowest BCUT2D eigenvalue weighted by Crippen LogP contribution is -2.17. The SMILES string of the molecule is C/C(=C\CCCCC(=O)NO)CNc1cccc(OCc2ccccc2)c1. The summed E-state index contributed by atoms with van der Waals surface area (Å²) in [6, 6.07) is 18.1. The van der Waals surface area contributed by atoms with Gasteiger partial charge in [0.05, 0.1) is 0 Å². The Hall–Kier alpha value is -2.79. The molecular weight excluding hydrogens is 340 g/mol. The fourth-order valence-corrected chi connectivity index (χ4v) is 2.58. The maximum Gasteiger partial charge on any atom is 0.243 e. The van der Waals surface area contributed by atoms with Gasteiger partial charge in [0.25, 0.3) is 0 Å². The summed E-state index contributed by atoms with van der Waals surface area (Å²) in [7, 11) is 0. The number of nitrogens with one attached hydrogen (secondary N) is 2. The predicted octanol–water partition coefficient (Wildman–Crippen LogP) is 4.69. The van der Waals surface area contributed by atoms with E-state index in [2.05, 4.69) is 18.3 Å². The molecule has 0 fully saturated rings. The first kappa shape index (κ1) is 20.5. The fourth-order valence-electron chi connectivity index (χ4n) is 2.58. The van der Waals surface area contributed by atoms with Crippen molar-refractivity contribution in [2.75, 3.05) is 11.9 Å². The molecule has 0 heterocycles. The molecule has 5 nitrogen and oxygen atoms in total. The molecule has 0 radical (unpaired) electrons. The normalized spacial score (nSPS) is 11.1. The van der Waals surface area contributed by atoms with Crippen molar-refractivity contribution in [1.29, 1.82) is 0 Å². The highest BCUT2D eigenvalue weighted by Gasteiger charge is 2.00. The molecule has 0 aromatic heterocycles. The van der Waals surface area contributed by atoms with Gasteiger partial charge < -0.3 is 10.1 Å². The van der Waals surface area contributed by atoms with Crippen molar-refractivity contribution in [3.05, 3.63) is 71.8 Å². The Balaban J connectivity index is 1.72. The van der Waals surface area contributed by atoms with Gasteiger partial charge >= 0.3 is 0 Å². The molecule has 0 bridgehead atoms. The third-order valence-corrected chi connectivity index (χ3v) is 4.13. The Labute approximate surface area is 161 Å². The minimum absolute atomic E-state index is 0.327. The highest BCUT2D eigenvalue weighted by Crippen LogP contribution is 2.19. The smallest absolute Gasteiger partial charge is 0.243 e. The van der Waals surface area contributed by atoms with Crippen LogP contribution in [0.25, 0.3) is 0 Å². The first-order chi connectivity index (χ1) is 13.2. The Morgan fingerprint density at radius 1 is 1.11 bits per heavy atom. The predicted molar refractivity (Wildman–Crippen MR) is 108 cm³/mol. The second-order valence-corrected chi connectivity index (χ2v) is 6.49. The number of hydrogen-bond donors (Lipinski definition) is 3. The van der Waals surface area contributed by atoms with Crippen LogP contribution < -0.4 is 15.5 Å². The van der Waals surface area contributed by atoms with Gasteiger partial charge in [-0.15, -0.1) is 0 Å². The molecule has 3 N–H and O–H groups in total. The Kier molecular flexibility index (Phi) is 8.93. The van der Waals surface area contributed by atoms with Crippen LogP contribution in [0, 0.1) is 0 Å². The number of ether oxygens (including phenoxy) is 1. The average molecular weight is 368 g/mol. The molecule has 0 atom stereocenters. The average Bonchev–Trinajstić information content (AvgIpc) is 2.71. The van der Waals surface area contributed by atoms with Crippen molar-refractivity contribution in [1.82, 2.24) is 5.48 Å². The van der Waals surface area contributed by atoms with Crippen molar-refractivity contribution in [2.45, 2.75) is 39.2 Å². The van der Waals surface area contributed by atoms with E-state index in [-0.39, 0.29) is 5.91 Å². The van der Waals surface area contributed by atoms with Gasteiger partial charge in [-0.25, -0.2) is 5.48 Å². The molecule has 144 valence electrons. The summed E-state index contributed by atoms with van der Waals surface area (Å²) in [5.41, 5.74) is 5.06. The van der Waals surface area contributed by atoms with E-state index in [0.717, 1.165) is 42.8 Å². The van der Waals surface area contributed by atoms with E-state index in [1.807, 2.05) is 54.6 Å². The highest BCUT2D eigenvalue weighted by atomic mass is 16.5. The van der Waals surface area contributed by atoms with Gasteiger partial charge in [-0.2, -0.15) is 0 Å². The van der Waals surface area contributed by atoms with Crippen molar-refractivity contribution in [3.8, 4) is 5.75 Å². The van der Waals surface area contributed by atoms with E-state index >= 15 is 0 Å².